The topological polar surface area (TPSA) is 71.5 Å². The first kappa shape index (κ1) is 16.5. The number of amides is 1. The first-order valence-electron chi connectivity index (χ1n) is 8.24. The molecule has 3 rings (SSSR count). The molecule has 1 aliphatic carbocycles. The molecule has 1 fully saturated rings. The van der Waals surface area contributed by atoms with Crippen molar-refractivity contribution in [1.29, 1.82) is 0 Å². The number of pyridine rings is 1. The van der Waals surface area contributed by atoms with E-state index in [0.29, 0.717) is 11.8 Å². The van der Waals surface area contributed by atoms with Gasteiger partial charge in [0.2, 0.25) is 11.8 Å². The summed E-state index contributed by atoms with van der Waals surface area (Å²) in [5.41, 5.74) is 2.16. The van der Waals surface area contributed by atoms with Gasteiger partial charge in [-0.2, -0.15) is 0 Å². The Kier molecular flexibility index (Phi) is 5.11. The smallest absolute Gasteiger partial charge is 0.224 e. The molecule has 0 saturated heterocycles. The van der Waals surface area contributed by atoms with Crippen molar-refractivity contribution in [2.45, 2.75) is 25.3 Å². The van der Waals surface area contributed by atoms with Gasteiger partial charge in [-0.15, -0.1) is 0 Å². The zero-order valence-corrected chi connectivity index (χ0v) is 13.7. The van der Waals surface area contributed by atoms with Gasteiger partial charge in [0.1, 0.15) is 6.61 Å². The molecule has 126 valence electrons. The number of nitrogens with zero attached hydrogens (tertiary/aromatic N) is 1. The number of hydrogen-bond acceptors (Lipinski definition) is 4. The number of nitrogens with one attached hydrogen (secondary N) is 1. The number of rotatable bonds is 7. The Morgan fingerprint density at radius 2 is 2.12 bits per heavy atom. The number of carbonyl (C=O) groups excluding carboxylic acids is 1. The summed E-state index contributed by atoms with van der Waals surface area (Å²) in [5.74, 6) is 0.968. The third-order valence-corrected chi connectivity index (χ3v) is 4.31. The summed E-state index contributed by atoms with van der Waals surface area (Å²) in [5, 5.41) is 11.8. The molecule has 5 nitrogen and oxygen atoms in total. The summed E-state index contributed by atoms with van der Waals surface area (Å²) in [4.78, 5) is 16.6. The Bertz CT molecular complexity index is 673. The van der Waals surface area contributed by atoms with E-state index in [1.165, 1.54) is 5.56 Å². The molecule has 1 aromatic carbocycles. The first-order chi connectivity index (χ1) is 11.7. The minimum absolute atomic E-state index is 0.0418. The van der Waals surface area contributed by atoms with Crippen LogP contribution in [0.5, 0.6) is 5.88 Å². The molecule has 0 bridgehead atoms. The van der Waals surface area contributed by atoms with Crippen molar-refractivity contribution in [2.75, 3.05) is 13.2 Å². The second-order valence-electron chi connectivity index (χ2n) is 6.09. The van der Waals surface area contributed by atoms with Gasteiger partial charge in [-0.05, 0) is 30.4 Å². The fourth-order valence-corrected chi connectivity index (χ4v) is 2.84. The van der Waals surface area contributed by atoms with Crippen LogP contribution in [-0.4, -0.2) is 29.2 Å². The van der Waals surface area contributed by atoms with E-state index < -0.39 is 0 Å². The lowest BCUT2D eigenvalue weighted by Crippen LogP contribution is -2.28. The predicted molar refractivity (Wildman–Crippen MR) is 90.7 cm³/mol. The predicted octanol–water partition coefficient (Wildman–Crippen LogP) is 2.43. The molecule has 1 amide bonds. The maximum Gasteiger partial charge on any atom is 0.224 e. The standard InChI is InChI=1S/C19H22N2O3/c1-13(15-7-8-18(20-12-15)24-10-9-22)21-19(23)17-11-16(17)14-5-3-2-4-6-14/h2-8,12-13,16-17,22H,9-11H2,1H3,(H,21,23)/t13-,16+,17-/m0/s1. The van der Waals surface area contributed by atoms with Gasteiger partial charge in [0.05, 0.1) is 12.6 Å². The average molecular weight is 326 g/mol. The van der Waals surface area contributed by atoms with Crippen LogP contribution >= 0.6 is 0 Å². The Labute approximate surface area is 141 Å². The second-order valence-corrected chi connectivity index (χ2v) is 6.09. The fourth-order valence-electron chi connectivity index (χ4n) is 2.84. The first-order valence-corrected chi connectivity index (χ1v) is 8.24. The number of benzene rings is 1. The molecule has 1 aliphatic rings. The SMILES string of the molecule is C[C@H](NC(=O)[C@H]1C[C@@H]1c1ccccc1)c1ccc(OCCO)nc1. The lowest BCUT2D eigenvalue weighted by Gasteiger charge is -2.14. The van der Waals surface area contributed by atoms with E-state index in [9.17, 15) is 4.79 Å². The average Bonchev–Trinajstić information content (AvgIpc) is 3.42. The third kappa shape index (κ3) is 3.92. The highest BCUT2D eigenvalue weighted by molar-refractivity contribution is 5.83. The molecule has 1 heterocycles. The van der Waals surface area contributed by atoms with Crippen molar-refractivity contribution in [1.82, 2.24) is 10.3 Å². The van der Waals surface area contributed by atoms with E-state index in [2.05, 4.69) is 22.4 Å². The Morgan fingerprint density at radius 3 is 2.79 bits per heavy atom. The van der Waals surface area contributed by atoms with Crippen molar-refractivity contribution in [3.63, 3.8) is 0 Å². The Hall–Kier alpha value is -2.40. The van der Waals surface area contributed by atoms with Crippen molar-refractivity contribution < 1.29 is 14.6 Å². The van der Waals surface area contributed by atoms with Gasteiger partial charge >= 0.3 is 0 Å². The van der Waals surface area contributed by atoms with Crippen LogP contribution in [0.4, 0.5) is 0 Å². The van der Waals surface area contributed by atoms with Crippen LogP contribution in [0.2, 0.25) is 0 Å². The lowest BCUT2D eigenvalue weighted by molar-refractivity contribution is -0.123. The van der Waals surface area contributed by atoms with Gasteiger partial charge < -0.3 is 15.2 Å². The van der Waals surface area contributed by atoms with Gasteiger partial charge in [0.25, 0.3) is 0 Å². The van der Waals surface area contributed by atoms with E-state index in [1.54, 1.807) is 12.3 Å². The van der Waals surface area contributed by atoms with Crippen LogP contribution in [-0.2, 0) is 4.79 Å². The molecule has 1 saturated carbocycles. The van der Waals surface area contributed by atoms with E-state index >= 15 is 0 Å². The Balaban J connectivity index is 1.53. The largest absolute Gasteiger partial charge is 0.475 e. The quantitative estimate of drug-likeness (QED) is 0.820. The molecule has 24 heavy (non-hydrogen) atoms. The summed E-state index contributed by atoms with van der Waals surface area (Å²) in [6.45, 7) is 2.13. The minimum atomic E-state index is -0.103. The van der Waals surface area contributed by atoms with Crippen LogP contribution in [0.3, 0.4) is 0 Å². The molecule has 0 aliphatic heterocycles. The number of ether oxygens (including phenoxy) is 1. The molecule has 3 atom stereocenters. The zero-order valence-electron chi connectivity index (χ0n) is 13.7. The molecule has 2 aromatic rings. The highest BCUT2D eigenvalue weighted by Crippen LogP contribution is 2.47. The lowest BCUT2D eigenvalue weighted by atomic mass is 10.1. The van der Waals surface area contributed by atoms with E-state index in [4.69, 9.17) is 9.84 Å². The molecular weight excluding hydrogens is 304 g/mol. The van der Waals surface area contributed by atoms with Gasteiger partial charge in [0.15, 0.2) is 0 Å². The van der Waals surface area contributed by atoms with Crippen LogP contribution < -0.4 is 10.1 Å². The maximum absolute atomic E-state index is 12.4. The van der Waals surface area contributed by atoms with Crippen LogP contribution in [0.25, 0.3) is 0 Å². The molecular formula is C19H22N2O3. The molecule has 0 spiro atoms. The van der Waals surface area contributed by atoms with E-state index in [-0.39, 0.29) is 31.1 Å². The number of hydrogen-bond donors (Lipinski definition) is 2. The normalized spacial score (nSPS) is 20.2. The van der Waals surface area contributed by atoms with Crippen LogP contribution in [0.1, 0.15) is 36.4 Å². The molecule has 1 aromatic heterocycles. The molecule has 2 N–H and O–H groups in total. The highest BCUT2D eigenvalue weighted by Gasteiger charge is 2.44. The van der Waals surface area contributed by atoms with E-state index in [1.807, 2.05) is 31.2 Å². The second kappa shape index (κ2) is 7.45. The molecule has 5 heteroatoms. The molecule has 0 radical (unpaired) electrons. The van der Waals surface area contributed by atoms with Crippen LogP contribution in [0.15, 0.2) is 48.7 Å². The van der Waals surface area contributed by atoms with Gasteiger partial charge in [0, 0.05) is 18.2 Å². The van der Waals surface area contributed by atoms with Crippen molar-refractivity contribution in [3.05, 3.63) is 59.8 Å². The minimum Gasteiger partial charge on any atom is -0.475 e. The summed E-state index contributed by atoms with van der Waals surface area (Å²) in [6.07, 6.45) is 2.61. The summed E-state index contributed by atoms with van der Waals surface area (Å²) < 4.78 is 5.23. The summed E-state index contributed by atoms with van der Waals surface area (Å²) in [7, 11) is 0. The highest BCUT2D eigenvalue weighted by atomic mass is 16.5. The summed E-state index contributed by atoms with van der Waals surface area (Å²) in [6, 6.07) is 13.7. The maximum atomic E-state index is 12.4. The van der Waals surface area contributed by atoms with Crippen molar-refractivity contribution >= 4 is 5.91 Å². The number of aliphatic hydroxyl groups excluding tert-OH is 1. The van der Waals surface area contributed by atoms with Gasteiger partial charge in [-0.25, -0.2) is 4.98 Å². The fraction of sp³-hybridized carbons (Fsp3) is 0.368. The van der Waals surface area contributed by atoms with E-state index in [0.717, 1.165) is 12.0 Å². The third-order valence-electron chi connectivity index (χ3n) is 4.31. The van der Waals surface area contributed by atoms with Crippen molar-refractivity contribution in [3.8, 4) is 5.88 Å². The van der Waals surface area contributed by atoms with Gasteiger partial charge in [-0.1, -0.05) is 36.4 Å². The molecule has 0 unspecified atom stereocenters. The summed E-state index contributed by atoms with van der Waals surface area (Å²) >= 11 is 0. The van der Waals surface area contributed by atoms with Crippen LogP contribution in [0, 0.1) is 5.92 Å². The monoisotopic (exact) mass is 326 g/mol. The number of aliphatic hydroxyl groups is 1. The van der Waals surface area contributed by atoms with Crippen molar-refractivity contribution in [2.24, 2.45) is 5.92 Å². The zero-order chi connectivity index (χ0) is 16.9. The number of aromatic nitrogens is 1. The van der Waals surface area contributed by atoms with Gasteiger partial charge in [-0.3, -0.25) is 4.79 Å². The Morgan fingerprint density at radius 1 is 1.33 bits per heavy atom. The number of carbonyl (C=O) groups is 1.